The molecule has 0 radical (unpaired) electrons. The molecule has 0 aromatic carbocycles. The predicted octanol–water partition coefficient (Wildman–Crippen LogP) is 3.22. The lowest BCUT2D eigenvalue weighted by molar-refractivity contribution is -0.117. The number of piperazine rings is 1. The van der Waals surface area contributed by atoms with Crippen LogP contribution in [0.5, 0.6) is 0 Å². The molecule has 0 bridgehead atoms. The van der Waals surface area contributed by atoms with Gasteiger partial charge in [-0.1, -0.05) is 6.92 Å². The van der Waals surface area contributed by atoms with Crippen LogP contribution in [0.3, 0.4) is 0 Å². The van der Waals surface area contributed by atoms with Crippen molar-refractivity contribution in [3.8, 4) is 0 Å². The van der Waals surface area contributed by atoms with E-state index in [1.54, 1.807) is 6.20 Å². The zero-order valence-electron chi connectivity index (χ0n) is 18.6. The van der Waals surface area contributed by atoms with Gasteiger partial charge in [-0.25, -0.2) is 9.97 Å². The molecule has 3 aromatic heterocycles. The summed E-state index contributed by atoms with van der Waals surface area (Å²) >= 11 is 0. The summed E-state index contributed by atoms with van der Waals surface area (Å²) in [7, 11) is 0. The molecule has 1 aliphatic heterocycles. The van der Waals surface area contributed by atoms with Crippen molar-refractivity contribution in [3.05, 3.63) is 48.5 Å². The number of hydrogen-bond donors (Lipinski definition) is 2. The maximum atomic E-state index is 12.0. The summed E-state index contributed by atoms with van der Waals surface area (Å²) in [6, 6.07) is 8.05. The first-order chi connectivity index (χ1) is 15.7. The molecule has 8 nitrogen and oxygen atoms in total. The number of fused-ring (bicyclic) bond motifs is 1. The second-order valence-corrected chi connectivity index (χ2v) is 8.73. The van der Waals surface area contributed by atoms with Crippen LogP contribution in [0.2, 0.25) is 0 Å². The summed E-state index contributed by atoms with van der Waals surface area (Å²) in [5, 5.41) is 6.31. The number of nitrogens with zero attached hydrogens (tertiary/aromatic N) is 5. The Morgan fingerprint density at radius 2 is 2.03 bits per heavy atom. The van der Waals surface area contributed by atoms with Gasteiger partial charge in [-0.15, -0.1) is 0 Å². The lowest BCUT2D eigenvalue weighted by Gasteiger charge is -2.35. The lowest BCUT2D eigenvalue weighted by atomic mass is 10.2. The van der Waals surface area contributed by atoms with Gasteiger partial charge in [-0.2, -0.15) is 0 Å². The summed E-state index contributed by atoms with van der Waals surface area (Å²) < 4.78 is 2.11. The van der Waals surface area contributed by atoms with Gasteiger partial charge in [0.15, 0.2) is 5.65 Å². The van der Waals surface area contributed by atoms with Gasteiger partial charge in [0.05, 0.1) is 17.9 Å². The summed E-state index contributed by atoms with van der Waals surface area (Å²) in [6.07, 6.45) is 9.02. The van der Waals surface area contributed by atoms with Gasteiger partial charge in [0.1, 0.15) is 5.82 Å². The van der Waals surface area contributed by atoms with Crippen molar-refractivity contribution < 1.29 is 4.79 Å². The third-order valence-electron chi connectivity index (χ3n) is 6.20. The second-order valence-electron chi connectivity index (χ2n) is 8.73. The molecule has 2 fully saturated rings. The number of aromatic nitrogens is 3. The zero-order chi connectivity index (χ0) is 21.9. The van der Waals surface area contributed by atoms with Crippen LogP contribution in [0.25, 0.3) is 5.65 Å². The molecule has 2 N–H and O–H groups in total. The minimum atomic E-state index is 0.0676. The molecule has 1 aliphatic carbocycles. The molecule has 2 aliphatic rings. The Balaban J connectivity index is 1.25. The maximum absolute atomic E-state index is 12.0. The van der Waals surface area contributed by atoms with Crippen LogP contribution < -0.4 is 15.5 Å². The third kappa shape index (κ3) is 4.70. The molecule has 32 heavy (non-hydrogen) atoms. The molecule has 8 heteroatoms. The van der Waals surface area contributed by atoms with Crippen LogP contribution in [-0.2, 0) is 11.3 Å². The summed E-state index contributed by atoms with van der Waals surface area (Å²) in [5.74, 6) is 0.819. The number of pyridine rings is 2. The van der Waals surface area contributed by atoms with Crippen molar-refractivity contribution in [2.24, 2.45) is 5.92 Å². The first kappa shape index (κ1) is 20.8. The van der Waals surface area contributed by atoms with Gasteiger partial charge < -0.3 is 19.9 Å². The molecule has 3 aromatic rings. The van der Waals surface area contributed by atoms with E-state index in [2.05, 4.69) is 61.3 Å². The minimum absolute atomic E-state index is 0.0676. The summed E-state index contributed by atoms with van der Waals surface area (Å²) in [4.78, 5) is 26.1. The molecule has 1 amide bonds. The van der Waals surface area contributed by atoms with Gasteiger partial charge >= 0.3 is 0 Å². The van der Waals surface area contributed by atoms with Crippen molar-refractivity contribution >= 4 is 28.7 Å². The van der Waals surface area contributed by atoms with Crippen LogP contribution in [0.1, 0.15) is 31.9 Å². The summed E-state index contributed by atoms with van der Waals surface area (Å²) in [6.45, 7) is 8.30. The fourth-order valence-electron chi connectivity index (χ4n) is 4.28. The smallest absolute Gasteiger partial charge is 0.228 e. The van der Waals surface area contributed by atoms with E-state index in [1.165, 1.54) is 18.7 Å². The molecular formula is C24H31N7O. The maximum Gasteiger partial charge on any atom is 0.228 e. The summed E-state index contributed by atoms with van der Waals surface area (Å²) in [5.41, 5.74) is 4.09. The number of carbonyl (C=O) groups is 1. The van der Waals surface area contributed by atoms with Crippen molar-refractivity contribution in [1.82, 2.24) is 19.3 Å². The van der Waals surface area contributed by atoms with E-state index in [1.807, 2.05) is 12.1 Å². The fourth-order valence-corrected chi connectivity index (χ4v) is 4.28. The highest BCUT2D eigenvalue weighted by Gasteiger charge is 2.29. The average molecular weight is 434 g/mol. The van der Waals surface area contributed by atoms with Crippen LogP contribution in [0, 0.1) is 5.92 Å². The highest BCUT2D eigenvalue weighted by molar-refractivity contribution is 5.93. The van der Waals surface area contributed by atoms with Crippen LogP contribution >= 0.6 is 0 Å². The monoisotopic (exact) mass is 433 g/mol. The largest absolute Gasteiger partial charge is 0.379 e. The number of rotatable bonds is 8. The van der Waals surface area contributed by atoms with Gasteiger partial charge in [0.2, 0.25) is 5.91 Å². The van der Waals surface area contributed by atoms with E-state index < -0.39 is 0 Å². The van der Waals surface area contributed by atoms with E-state index in [9.17, 15) is 4.79 Å². The SMILES string of the molecule is CCCN1CCN(c2cccn3cc(CNc4ccnc(NC(=O)C5CC5)c4)nc23)CC1. The van der Waals surface area contributed by atoms with Crippen LogP contribution in [-0.4, -0.2) is 57.9 Å². The predicted molar refractivity (Wildman–Crippen MR) is 127 cm³/mol. The van der Waals surface area contributed by atoms with Crippen LogP contribution in [0.4, 0.5) is 17.2 Å². The number of amides is 1. The highest BCUT2D eigenvalue weighted by atomic mass is 16.2. The highest BCUT2D eigenvalue weighted by Crippen LogP contribution is 2.30. The van der Waals surface area contributed by atoms with Gasteiger partial charge in [-0.05, 0) is 44.0 Å². The normalized spacial score (nSPS) is 17.0. The van der Waals surface area contributed by atoms with Crippen molar-refractivity contribution in [1.29, 1.82) is 0 Å². The average Bonchev–Trinajstić information content (AvgIpc) is 3.58. The quantitative estimate of drug-likeness (QED) is 0.568. The molecule has 0 atom stereocenters. The standard InChI is InChI=1S/C24H31N7O/c1-2-9-29-11-13-30(14-12-29)21-4-3-10-31-17-20(27-23(21)31)16-26-19-7-8-25-22(15-19)28-24(32)18-5-6-18/h3-4,7-8,10,15,17-18H,2,5-6,9,11-14,16H2,1H3,(H2,25,26,28,32). The number of hydrogen-bond acceptors (Lipinski definition) is 6. The Labute approximate surface area is 188 Å². The third-order valence-corrected chi connectivity index (χ3v) is 6.20. The van der Waals surface area contributed by atoms with Crippen LogP contribution in [0.15, 0.2) is 42.9 Å². The molecular weight excluding hydrogens is 402 g/mol. The number of nitrogens with one attached hydrogen (secondary N) is 2. The first-order valence-electron chi connectivity index (χ1n) is 11.6. The second kappa shape index (κ2) is 9.16. The van der Waals surface area contributed by atoms with Crippen molar-refractivity contribution in [2.75, 3.05) is 48.3 Å². The van der Waals surface area contributed by atoms with E-state index in [-0.39, 0.29) is 11.8 Å². The van der Waals surface area contributed by atoms with E-state index in [0.717, 1.165) is 56.0 Å². The van der Waals surface area contributed by atoms with Gasteiger partial charge in [0.25, 0.3) is 0 Å². The van der Waals surface area contributed by atoms with Crippen molar-refractivity contribution in [3.63, 3.8) is 0 Å². The van der Waals surface area contributed by atoms with Crippen molar-refractivity contribution in [2.45, 2.75) is 32.7 Å². The Kier molecular flexibility index (Phi) is 5.94. The zero-order valence-corrected chi connectivity index (χ0v) is 18.6. The molecule has 0 unspecified atom stereocenters. The number of anilines is 3. The number of carbonyl (C=O) groups excluding carboxylic acids is 1. The molecule has 1 saturated heterocycles. The topological polar surface area (TPSA) is 77.8 Å². The number of imidazole rings is 1. The Morgan fingerprint density at radius 1 is 1.19 bits per heavy atom. The Hall–Kier alpha value is -3.13. The minimum Gasteiger partial charge on any atom is -0.379 e. The Morgan fingerprint density at radius 3 is 2.81 bits per heavy atom. The van der Waals surface area contributed by atoms with Gasteiger partial charge in [0, 0.05) is 62.4 Å². The van der Waals surface area contributed by atoms with Gasteiger partial charge in [-0.3, -0.25) is 9.69 Å². The van der Waals surface area contributed by atoms with E-state index >= 15 is 0 Å². The van der Waals surface area contributed by atoms with E-state index in [0.29, 0.717) is 12.4 Å². The molecule has 1 saturated carbocycles. The fraction of sp³-hybridized carbons (Fsp3) is 0.458. The first-order valence-corrected chi connectivity index (χ1v) is 11.6. The Bertz CT molecular complexity index is 1080. The molecule has 5 rings (SSSR count). The molecule has 0 spiro atoms. The molecule has 168 valence electrons. The molecule has 4 heterocycles. The lowest BCUT2D eigenvalue weighted by Crippen LogP contribution is -2.46. The van der Waals surface area contributed by atoms with E-state index in [4.69, 9.17) is 4.98 Å².